The summed E-state index contributed by atoms with van der Waals surface area (Å²) in [4.78, 5) is 0. The molecule has 2 aromatic rings. The van der Waals surface area contributed by atoms with Gasteiger partial charge in [0.15, 0.2) is 0 Å². The largest absolute Gasteiger partial charge is 0.0721 e. The molecular formula is C25H29. The summed E-state index contributed by atoms with van der Waals surface area (Å²) in [7, 11) is 0. The quantitative estimate of drug-likeness (QED) is 0.531. The van der Waals surface area contributed by atoms with E-state index in [2.05, 4.69) is 61.5 Å². The lowest BCUT2D eigenvalue weighted by molar-refractivity contribution is 0.443. The number of allylic oxidation sites excluding steroid dienone is 1. The van der Waals surface area contributed by atoms with Gasteiger partial charge in [-0.3, -0.25) is 0 Å². The number of fused-ring (bicyclic) bond motifs is 1. The first-order valence-corrected chi connectivity index (χ1v) is 10.1. The monoisotopic (exact) mass is 329 g/mol. The maximum Gasteiger partial charge on any atom is 0.0273 e. The summed E-state index contributed by atoms with van der Waals surface area (Å²) in [5, 5.41) is 0. The van der Waals surface area contributed by atoms with Crippen LogP contribution in [-0.4, -0.2) is 0 Å². The van der Waals surface area contributed by atoms with E-state index in [1.807, 2.05) is 0 Å². The molecule has 1 saturated carbocycles. The Balaban J connectivity index is 1.58. The van der Waals surface area contributed by atoms with E-state index in [-0.39, 0.29) is 0 Å². The van der Waals surface area contributed by atoms with E-state index in [0.29, 0.717) is 0 Å². The van der Waals surface area contributed by atoms with Gasteiger partial charge in [0, 0.05) is 5.92 Å². The molecule has 25 heavy (non-hydrogen) atoms. The maximum absolute atomic E-state index is 2.38. The minimum Gasteiger partial charge on any atom is -0.0721 e. The summed E-state index contributed by atoms with van der Waals surface area (Å²) >= 11 is 0. The van der Waals surface area contributed by atoms with Crippen LogP contribution >= 0.6 is 0 Å². The SMILES string of the molecule is CCCC[C]1C=Cc2c1cccc2-c1ccc(C2CCCCC2)cc1. The molecule has 0 heteroatoms. The molecule has 4 rings (SSSR count). The molecule has 1 fully saturated rings. The van der Waals surface area contributed by atoms with Gasteiger partial charge in [0.25, 0.3) is 0 Å². The van der Waals surface area contributed by atoms with Crippen molar-refractivity contribution in [2.75, 3.05) is 0 Å². The van der Waals surface area contributed by atoms with Gasteiger partial charge in [-0.25, -0.2) is 0 Å². The minimum absolute atomic E-state index is 0.790. The third-order valence-corrected chi connectivity index (χ3v) is 6.00. The zero-order valence-electron chi connectivity index (χ0n) is 15.4. The van der Waals surface area contributed by atoms with Gasteiger partial charge >= 0.3 is 0 Å². The number of hydrogen-bond donors (Lipinski definition) is 0. The Hall–Kier alpha value is -1.82. The topological polar surface area (TPSA) is 0 Å². The van der Waals surface area contributed by atoms with Crippen LogP contribution in [0.25, 0.3) is 17.2 Å². The van der Waals surface area contributed by atoms with Crippen LogP contribution in [0.15, 0.2) is 48.5 Å². The predicted octanol–water partition coefficient (Wildman–Crippen LogP) is 7.54. The number of hydrogen-bond acceptors (Lipinski definition) is 0. The van der Waals surface area contributed by atoms with E-state index in [1.54, 1.807) is 5.56 Å². The standard InChI is InChI=1S/C25H29/c1-2-3-8-21-17-18-25-23(21)11-7-12-24(25)22-15-13-20(14-16-22)19-9-5-4-6-10-19/h7,11-19H,2-6,8-10H2,1H3. The van der Waals surface area contributed by atoms with E-state index in [0.717, 1.165) is 5.92 Å². The highest BCUT2D eigenvalue weighted by Crippen LogP contribution is 2.39. The van der Waals surface area contributed by atoms with Gasteiger partial charge < -0.3 is 0 Å². The predicted molar refractivity (Wildman–Crippen MR) is 109 cm³/mol. The Morgan fingerprint density at radius 3 is 2.36 bits per heavy atom. The molecule has 2 aliphatic carbocycles. The fourth-order valence-corrected chi connectivity index (χ4v) is 4.51. The van der Waals surface area contributed by atoms with Crippen LogP contribution in [0, 0.1) is 5.92 Å². The third-order valence-electron chi connectivity index (χ3n) is 6.00. The fourth-order valence-electron chi connectivity index (χ4n) is 4.51. The van der Waals surface area contributed by atoms with E-state index < -0.39 is 0 Å². The lowest BCUT2D eigenvalue weighted by atomic mass is 9.83. The van der Waals surface area contributed by atoms with E-state index in [9.17, 15) is 0 Å². The highest BCUT2D eigenvalue weighted by atomic mass is 14.2. The van der Waals surface area contributed by atoms with Crippen molar-refractivity contribution in [3.63, 3.8) is 0 Å². The zero-order chi connectivity index (χ0) is 17.1. The molecule has 0 bridgehead atoms. The van der Waals surface area contributed by atoms with Crippen LogP contribution in [0.1, 0.15) is 80.9 Å². The van der Waals surface area contributed by atoms with E-state index in [1.165, 1.54) is 79.5 Å². The van der Waals surface area contributed by atoms with Crippen molar-refractivity contribution in [1.29, 1.82) is 0 Å². The van der Waals surface area contributed by atoms with Crippen LogP contribution < -0.4 is 0 Å². The molecule has 2 aromatic carbocycles. The Kier molecular flexibility index (Phi) is 5.06. The highest BCUT2D eigenvalue weighted by molar-refractivity contribution is 5.83. The second kappa shape index (κ2) is 7.60. The minimum atomic E-state index is 0.790. The van der Waals surface area contributed by atoms with Crippen LogP contribution in [0.3, 0.4) is 0 Å². The lowest BCUT2D eigenvalue weighted by Gasteiger charge is -2.22. The maximum atomic E-state index is 2.38. The molecule has 0 unspecified atom stereocenters. The van der Waals surface area contributed by atoms with Crippen LogP contribution in [0.5, 0.6) is 0 Å². The summed E-state index contributed by atoms with van der Waals surface area (Å²) in [6.45, 7) is 2.27. The number of unbranched alkanes of at least 4 members (excludes halogenated alkanes) is 1. The van der Waals surface area contributed by atoms with Crippen molar-refractivity contribution < 1.29 is 0 Å². The normalized spacial score (nSPS) is 17.8. The highest BCUT2D eigenvalue weighted by Gasteiger charge is 2.20. The Bertz CT molecular complexity index is 729. The summed E-state index contributed by atoms with van der Waals surface area (Å²) < 4.78 is 0. The fraction of sp³-hybridized carbons (Fsp3) is 0.400. The van der Waals surface area contributed by atoms with Gasteiger partial charge in [0.05, 0.1) is 0 Å². The van der Waals surface area contributed by atoms with Crippen molar-refractivity contribution in [3.05, 3.63) is 71.1 Å². The van der Waals surface area contributed by atoms with Gasteiger partial charge in [-0.15, -0.1) is 0 Å². The van der Waals surface area contributed by atoms with Gasteiger partial charge in [0.1, 0.15) is 0 Å². The Labute approximate surface area is 153 Å². The summed E-state index contributed by atoms with van der Waals surface area (Å²) in [6, 6.07) is 16.2. The van der Waals surface area contributed by atoms with Crippen molar-refractivity contribution in [2.24, 2.45) is 0 Å². The third kappa shape index (κ3) is 3.45. The van der Waals surface area contributed by atoms with Gasteiger partial charge in [-0.05, 0) is 53.0 Å². The molecule has 0 atom stereocenters. The van der Waals surface area contributed by atoms with Gasteiger partial charge in [-0.2, -0.15) is 0 Å². The molecule has 0 aromatic heterocycles. The molecule has 1 radical (unpaired) electrons. The van der Waals surface area contributed by atoms with E-state index in [4.69, 9.17) is 0 Å². The first-order valence-electron chi connectivity index (χ1n) is 10.1. The first-order chi connectivity index (χ1) is 12.4. The Morgan fingerprint density at radius 1 is 0.840 bits per heavy atom. The molecule has 2 aliphatic rings. The van der Waals surface area contributed by atoms with Crippen LogP contribution in [-0.2, 0) is 0 Å². The molecule has 0 nitrogen and oxygen atoms in total. The number of rotatable bonds is 5. The zero-order valence-corrected chi connectivity index (χ0v) is 15.4. The van der Waals surface area contributed by atoms with E-state index >= 15 is 0 Å². The molecule has 0 saturated heterocycles. The molecule has 129 valence electrons. The smallest absolute Gasteiger partial charge is 0.0273 e. The van der Waals surface area contributed by atoms with Crippen molar-refractivity contribution >= 4 is 6.08 Å². The molecule has 0 amide bonds. The number of benzene rings is 2. The molecular weight excluding hydrogens is 300 g/mol. The molecule has 0 heterocycles. The van der Waals surface area contributed by atoms with Crippen molar-refractivity contribution in [3.8, 4) is 11.1 Å². The lowest BCUT2D eigenvalue weighted by Crippen LogP contribution is -2.04. The van der Waals surface area contributed by atoms with Crippen LogP contribution in [0.2, 0.25) is 0 Å². The van der Waals surface area contributed by atoms with Gasteiger partial charge in [0.2, 0.25) is 0 Å². The van der Waals surface area contributed by atoms with Gasteiger partial charge in [-0.1, -0.05) is 93.6 Å². The summed E-state index contributed by atoms with van der Waals surface area (Å²) in [5.74, 6) is 2.30. The second-order valence-corrected chi connectivity index (χ2v) is 7.69. The second-order valence-electron chi connectivity index (χ2n) is 7.69. The average Bonchev–Trinajstić information content (AvgIpc) is 3.10. The molecule has 0 N–H and O–H groups in total. The summed E-state index contributed by atoms with van der Waals surface area (Å²) in [5.41, 5.74) is 7.15. The average molecular weight is 330 g/mol. The molecule has 0 spiro atoms. The summed E-state index contributed by atoms with van der Waals surface area (Å²) in [6.07, 6.45) is 15.4. The first kappa shape index (κ1) is 16.6. The molecule has 0 aliphatic heterocycles. The van der Waals surface area contributed by atoms with Crippen molar-refractivity contribution in [2.45, 2.75) is 64.2 Å². The Morgan fingerprint density at radius 2 is 1.60 bits per heavy atom. The van der Waals surface area contributed by atoms with Crippen LogP contribution in [0.4, 0.5) is 0 Å². The van der Waals surface area contributed by atoms with Crippen molar-refractivity contribution in [1.82, 2.24) is 0 Å².